The molecule has 1 aliphatic rings. The first-order chi connectivity index (χ1) is 7.63. The molecule has 5 heteroatoms. The summed E-state index contributed by atoms with van der Waals surface area (Å²) in [6.07, 6.45) is 2.27. The van der Waals surface area contributed by atoms with Crippen molar-refractivity contribution in [2.45, 2.75) is 39.2 Å². The Hall–Kier alpha value is -1.26. The van der Waals surface area contributed by atoms with E-state index < -0.39 is 0 Å². The molecule has 0 radical (unpaired) electrons. The fraction of sp³-hybridized carbons (Fsp3) is 0.818. The highest BCUT2D eigenvalue weighted by atomic mass is 16.2. The lowest BCUT2D eigenvalue weighted by Crippen LogP contribution is -2.47. The molecule has 0 aromatic carbocycles. The van der Waals surface area contributed by atoms with Crippen LogP contribution in [0.3, 0.4) is 0 Å². The van der Waals surface area contributed by atoms with Crippen LogP contribution in [-0.4, -0.2) is 42.5 Å². The minimum Gasteiger partial charge on any atom is -0.354 e. The first kappa shape index (κ1) is 12.8. The second kappa shape index (κ2) is 6.35. The Morgan fingerprint density at radius 2 is 2.38 bits per heavy atom. The minimum absolute atomic E-state index is 0.0210. The van der Waals surface area contributed by atoms with Crippen molar-refractivity contribution in [3.63, 3.8) is 0 Å². The molecule has 1 saturated heterocycles. The quantitative estimate of drug-likeness (QED) is 0.726. The lowest BCUT2D eigenvalue weighted by molar-refractivity contribution is -0.121. The van der Waals surface area contributed by atoms with E-state index in [0.717, 1.165) is 25.9 Å². The molecular formula is C11H21N3O2. The fourth-order valence-corrected chi connectivity index (χ4v) is 1.58. The molecule has 0 aromatic heterocycles. The van der Waals surface area contributed by atoms with E-state index in [2.05, 4.69) is 10.6 Å². The maximum atomic E-state index is 11.5. The molecule has 1 fully saturated rings. The molecule has 16 heavy (non-hydrogen) atoms. The molecule has 5 nitrogen and oxygen atoms in total. The number of hydrogen-bond acceptors (Lipinski definition) is 2. The summed E-state index contributed by atoms with van der Waals surface area (Å²) in [7, 11) is 0. The fourth-order valence-electron chi connectivity index (χ4n) is 1.58. The highest BCUT2D eigenvalue weighted by Gasteiger charge is 2.18. The Balaban J connectivity index is 2.22. The van der Waals surface area contributed by atoms with Gasteiger partial charge in [0.15, 0.2) is 0 Å². The summed E-state index contributed by atoms with van der Waals surface area (Å²) in [6.45, 7) is 6.01. The molecule has 3 amide bonds. The Bertz CT molecular complexity index is 256. The summed E-state index contributed by atoms with van der Waals surface area (Å²) >= 11 is 0. The van der Waals surface area contributed by atoms with Crippen LogP contribution >= 0.6 is 0 Å². The Morgan fingerprint density at radius 1 is 1.62 bits per heavy atom. The summed E-state index contributed by atoms with van der Waals surface area (Å²) in [5.41, 5.74) is 0. The van der Waals surface area contributed by atoms with E-state index >= 15 is 0 Å². The lowest BCUT2D eigenvalue weighted by atomic mass is 10.2. The van der Waals surface area contributed by atoms with Crippen molar-refractivity contribution in [3.05, 3.63) is 0 Å². The molecule has 0 spiro atoms. The van der Waals surface area contributed by atoms with Gasteiger partial charge in [-0.2, -0.15) is 0 Å². The first-order valence-corrected chi connectivity index (χ1v) is 5.95. The van der Waals surface area contributed by atoms with E-state index in [-0.39, 0.29) is 18.0 Å². The van der Waals surface area contributed by atoms with Crippen LogP contribution in [0, 0.1) is 0 Å². The van der Waals surface area contributed by atoms with Gasteiger partial charge in [-0.3, -0.25) is 4.79 Å². The molecule has 0 aromatic rings. The molecule has 0 saturated carbocycles. The van der Waals surface area contributed by atoms with Crippen molar-refractivity contribution in [1.82, 2.24) is 15.5 Å². The van der Waals surface area contributed by atoms with Crippen LogP contribution in [0.25, 0.3) is 0 Å². The van der Waals surface area contributed by atoms with E-state index in [9.17, 15) is 9.59 Å². The maximum absolute atomic E-state index is 11.5. The van der Waals surface area contributed by atoms with Gasteiger partial charge in [-0.1, -0.05) is 6.92 Å². The van der Waals surface area contributed by atoms with Gasteiger partial charge in [-0.05, 0) is 19.8 Å². The third-order valence-corrected chi connectivity index (χ3v) is 2.80. The molecule has 1 atom stereocenters. The van der Waals surface area contributed by atoms with Crippen LogP contribution < -0.4 is 10.6 Å². The summed E-state index contributed by atoms with van der Waals surface area (Å²) < 4.78 is 0. The molecular weight excluding hydrogens is 206 g/mol. The van der Waals surface area contributed by atoms with Gasteiger partial charge >= 0.3 is 6.03 Å². The molecule has 0 aliphatic carbocycles. The highest BCUT2D eigenvalue weighted by molar-refractivity contribution is 5.78. The second-order valence-electron chi connectivity index (χ2n) is 4.20. The smallest absolute Gasteiger partial charge is 0.317 e. The number of nitrogens with one attached hydrogen (secondary N) is 2. The zero-order chi connectivity index (χ0) is 12.0. The molecule has 1 heterocycles. The van der Waals surface area contributed by atoms with Crippen LogP contribution in [-0.2, 0) is 4.79 Å². The summed E-state index contributed by atoms with van der Waals surface area (Å²) in [6, 6.07) is 0.158. The van der Waals surface area contributed by atoms with Crippen LogP contribution in [0.5, 0.6) is 0 Å². The SMILES string of the molecule is CCC(C)NC(=O)CCN1CCCNC1=O. The third kappa shape index (κ3) is 4.08. The Morgan fingerprint density at radius 3 is 3.00 bits per heavy atom. The summed E-state index contributed by atoms with van der Waals surface area (Å²) in [4.78, 5) is 24.6. The number of nitrogens with zero attached hydrogens (tertiary/aromatic N) is 1. The molecule has 0 bridgehead atoms. The maximum Gasteiger partial charge on any atom is 0.317 e. The number of carbonyl (C=O) groups excluding carboxylic acids is 2. The molecule has 92 valence electrons. The monoisotopic (exact) mass is 227 g/mol. The highest BCUT2D eigenvalue weighted by Crippen LogP contribution is 2.00. The predicted octanol–water partition coefficient (Wildman–Crippen LogP) is 0.706. The molecule has 1 rings (SSSR count). The van der Waals surface area contributed by atoms with Gasteiger partial charge < -0.3 is 15.5 Å². The van der Waals surface area contributed by atoms with Crippen molar-refractivity contribution in [3.8, 4) is 0 Å². The minimum atomic E-state index is -0.0532. The van der Waals surface area contributed by atoms with Crippen LogP contribution in [0.2, 0.25) is 0 Å². The van der Waals surface area contributed by atoms with Gasteiger partial charge in [0.05, 0.1) is 0 Å². The Labute approximate surface area is 96.6 Å². The number of urea groups is 1. The normalized spacial score (nSPS) is 17.9. The molecule has 1 aliphatic heterocycles. The average Bonchev–Trinajstić information content (AvgIpc) is 2.28. The van der Waals surface area contributed by atoms with Gasteiger partial charge in [0, 0.05) is 32.1 Å². The summed E-state index contributed by atoms with van der Waals surface area (Å²) in [5, 5.41) is 5.65. The van der Waals surface area contributed by atoms with Crippen LogP contribution in [0.1, 0.15) is 33.1 Å². The average molecular weight is 227 g/mol. The summed E-state index contributed by atoms with van der Waals surface area (Å²) in [5.74, 6) is 0.0210. The second-order valence-corrected chi connectivity index (χ2v) is 4.20. The third-order valence-electron chi connectivity index (χ3n) is 2.80. The Kier molecular flexibility index (Phi) is 5.08. The van der Waals surface area contributed by atoms with Gasteiger partial charge in [0.2, 0.25) is 5.91 Å². The van der Waals surface area contributed by atoms with Crippen LogP contribution in [0.15, 0.2) is 0 Å². The van der Waals surface area contributed by atoms with Crippen molar-refractivity contribution in [2.24, 2.45) is 0 Å². The van der Waals surface area contributed by atoms with Crippen LogP contribution in [0.4, 0.5) is 4.79 Å². The van der Waals surface area contributed by atoms with E-state index in [1.54, 1.807) is 4.90 Å². The van der Waals surface area contributed by atoms with E-state index in [1.165, 1.54) is 0 Å². The zero-order valence-electron chi connectivity index (χ0n) is 10.1. The van der Waals surface area contributed by atoms with Crippen molar-refractivity contribution in [1.29, 1.82) is 0 Å². The molecule has 1 unspecified atom stereocenters. The van der Waals surface area contributed by atoms with Gasteiger partial charge in [0.25, 0.3) is 0 Å². The van der Waals surface area contributed by atoms with Crippen molar-refractivity contribution >= 4 is 11.9 Å². The predicted molar refractivity (Wildman–Crippen MR) is 62.1 cm³/mol. The van der Waals surface area contributed by atoms with Crippen molar-refractivity contribution in [2.75, 3.05) is 19.6 Å². The standard InChI is InChI=1S/C11H21N3O2/c1-3-9(2)13-10(15)5-8-14-7-4-6-12-11(14)16/h9H,3-8H2,1-2H3,(H,12,16)(H,13,15). The number of hydrogen-bond donors (Lipinski definition) is 2. The largest absolute Gasteiger partial charge is 0.354 e. The number of carbonyl (C=O) groups is 2. The van der Waals surface area contributed by atoms with Gasteiger partial charge in [-0.15, -0.1) is 0 Å². The van der Waals surface area contributed by atoms with Gasteiger partial charge in [-0.25, -0.2) is 4.79 Å². The van der Waals surface area contributed by atoms with E-state index in [1.807, 2.05) is 13.8 Å². The number of amides is 3. The van der Waals surface area contributed by atoms with E-state index in [0.29, 0.717) is 13.0 Å². The molecule has 2 N–H and O–H groups in total. The van der Waals surface area contributed by atoms with Gasteiger partial charge in [0.1, 0.15) is 0 Å². The zero-order valence-corrected chi connectivity index (χ0v) is 10.1. The lowest BCUT2D eigenvalue weighted by Gasteiger charge is -2.27. The first-order valence-electron chi connectivity index (χ1n) is 5.95. The van der Waals surface area contributed by atoms with Crippen molar-refractivity contribution < 1.29 is 9.59 Å². The topological polar surface area (TPSA) is 61.4 Å². The van der Waals surface area contributed by atoms with E-state index in [4.69, 9.17) is 0 Å². The number of rotatable bonds is 5.